The maximum Gasteiger partial charge on any atom is 0.151 e. The van der Waals surface area contributed by atoms with Crippen LogP contribution >= 0.6 is 31.9 Å². The summed E-state index contributed by atoms with van der Waals surface area (Å²) < 4.78 is 3.99. The summed E-state index contributed by atoms with van der Waals surface area (Å²) in [5.74, 6) is 0. The van der Waals surface area contributed by atoms with Crippen LogP contribution in [0.1, 0.15) is 5.69 Å². The lowest BCUT2D eigenvalue weighted by molar-refractivity contribution is 0.937. The van der Waals surface area contributed by atoms with Gasteiger partial charge in [0.15, 0.2) is 5.65 Å². The first-order chi connectivity index (χ1) is 6.70. The molecule has 0 bridgehead atoms. The van der Waals surface area contributed by atoms with Crippen LogP contribution in [0, 0.1) is 0 Å². The summed E-state index contributed by atoms with van der Waals surface area (Å²) in [5, 5.41) is 0. The van der Waals surface area contributed by atoms with Crippen molar-refractivity contribution in [3.63, 3.8) is 0 Å². The zero-order chi connectivity index (χ0) is 10.1. The Balaban J connectivity index is 2.58. The summed E-state index contributed by atoms with van der Waals surface area (Å²) in [6.07, 6.45) is 4.79. The topological polar surface area (TPSA) is 43.3 Å². The van der Waals surface area contributed by atoms with E-state index >= 15 is 0 Å². The summed E-state index contributed by atoms with van der Waals surface area (Å²) in [6, 6.07) is 1.98. The minimum Gasteiger partial charge on any atom is -0.330 e. The first-order valence-electron chi connectivity index (χ1n) is 4.23. The van der Waals surface area contributed by atoms with Crippen molar-refractivity contribution in [3.05, 3.63) is 33.1 Å². The van der Waals surface area contributed by atoms with Gasteiger partial charge in [0.05, 0.1) is 10.2 Å². The maximum absolute atomic E-state index is 5.48. The van der Waals surface area contributed by atoms with E-state index in [-0.39, 0.29) is 0 Å². The van der Waals surface area contributed by atoms with E-state index in [9.17, 15) is 0 Å². The molecule has 2 heterocycles. The second kappa shape index (κ2) is 4.00. The number of hydrogen-bond donors (Lipinski definition) is 1. The van der Waals surface area contributed by atoms with Gasteiger partial charge in [-0.05, 0) is 44.5 Å². The van der Waals surface area contributed by atoms with Crippen LogP contribution in [0.3, 0.4) is 0 Å². The lowest BCUT2D eigenvalue weighted by Crippen LogP contribution is -2.02. The number of fused-ring (bicyclic) bond motifs is 1. The van der Waals surface area contributed by atoms with Gasteiger partial charge in [-0.2, -0.15) is 0 Å². The fourth-order valence-electron chi connectivity index (χ4n) is 1.34. The number of aromatic nitrogens is 2. The largest absolute Gasteiger partial charge is 0.330 e. The number of hydrogen-bond acceptors (Lipinski definition) is 2. The molecule has 0 aliphatic rings. The smallest absolute Gasteiger partial charge is 0.151 e. The van der Waals surface area contributed by atoms with E-state index in [0.717, 1.165) is 26.7 Å². The van der Waals surface area contributed by atoms with Crippen LogP contribution in [0.4, 0.5) is 0 Å². The second-order valence-electron chi connectivity index (χ2n) is 3.01. The van der Waals surface area contributed by atoms with Crippen LogP contribution in [0.2, 0.25) is 0 Å². The second-order valence-corrected chi connectivity index (χ2v) is 4.78. The van der Waals surface area contributed by atoms with Crippen LogP contribution in [0.5, 0.6) is 0 Å². The molecule has 2 N–H and O–H groups in total. The van der Waals surface area contributed by atoms with E-state index in [0.29, 0.717) is 6.54 Å². The van der Waals surface area contributed by atoms with Gasteiger partial charge in [0.2, 0.25) is 0 Å². The van der Waals surface area contributed by atoms with E-state index in [4.69, 9.17) is 5.73 Å². The van der Waals surface area contributed by atoms with Crippen molar-refractivity contribution in [2.45, 2.75) is 6.42 Å². The lowest BCUT2D eigenvalue weighted by atomic mass is 10.3. The monoisotopic (exact) mass is 317 g/mol. The number of imidazole rings is 1. The van der Waals surface area contributed by atoms with Gasteiger partial charge in [-0.15, -0.1) is 0 Å². The van der Waals surface area contributed by atoms with Gasteiger partial charge >= 0.3 is 0 Å². The average Bonchev–Trinajstić information content (AvgIpc) is 2.48. The molecule has 2 aromatic rings. The van der Waals surface area contributed by atoms with Gasteiger partial charge < -0.3 is 10.1 Å². The minimum atomic E-state index is 0.628. The van der Waals surface area contributed by atoms with Gasteiger partial charge in [0.1, 0.15) is 0 Å². The lowest BCUT2D eigenvalue weighted by Gasteiger charge is -1.96. The van der Waals surface area contributed by atoms with E-state index in [1.54, 1.807) is 0 Å². The summed E-state index contributed by atoms with van der Waals surface area (Å²) >= 11 is 6.90. The molecule has 5 heteroatoms. The first-order valence-corrected chi connectivity index (χ1v) is 5.82. The van der Waals surface area contributed by atoms with Crippen molar-refractivity contribution in [3.8, 4) is 0 Å². The Bertz CT molecular complexity index is 464. The van der Waals surface area contributed by atoms with Gasteiger partial charge in [0.25, 0.3) is 0 Å². The molecule has 0 amide bonds. The summed E-state index contributed by atoms with van der Waals surface area (Å²) in [4.78, 5) is 4.46. The third-order valence-electron chi connectivity index (χ3n) is 1.92. The van der Waals surface area contributed by atoms with Crippen LogP contribution in [-0.4, -0.2) is 15.9 Å². The molecule has 0 aliphatic carbocycles. The van der Waals surface area contributed by atoms with Crippen molar-refractivity contribution >= 4 is 37.5 Å². The van der Waals surface area contributed by atoms with Gasteiger partial charge in [-0.3, -0.25) is 0 Å². The fourth-order valence-corrected chi connectivity index (χ4v) is 2.64. The molecule has 0 unspecified atom stereocenters. The van der Waals surface area contributed by atoms with Crippen molar-refractivity contribution in [2.75, 3.05) is 6.54 Å². The number of halogens is 2. The Labute approximate surface area is 98.6 Å². The van der Waals surface area contributed by atoms with Crippen molar-refractivity contribution in [2.24, 2.45) is 5.73 Å². The molecule has 0 aliphatic heterocycles. The Morgan fingerprint density at radius 3 is 2.86 bits per heavy atom. The summed E-state index contributed by atoms with van der Waals surface area (Å²) in [5.41, 5.74) is 7.43. The van der Waals surface area contributed by atoms with Crippen molar-refractivity contribution < 1.29 is 0 Å². The SMILES string of the molecule is NCCc1cn2cc(Br)cc(Br)c2n1. The third-order valence-corrected chi connectivity index (χ3v) is 2.94. The molecule has 0 atom stereocenters. The van der Waals surface area contributed by atoms with Crippen LogP contribution in [0.15, 0.2) is 27.4 Å². The number of nitrogens with zero attached hydrogens (tertiary/aromatic N) is 2. The molecule has 2 rings (SSSR count). The molecule has 14 heavy (non-hydrogen) atoms. The Hall–Kier alpha value is -0.390. The molecule has 0 saturated carbocycles. The van der Waals surface area contributed by atoms with Gasteiger partial charge in [-0.1, -0.05) is 0 Å². The number of pyridine rings is 1. The highest BCUT2D eigenvalue weighted by molar-refractivity contribution is 9.11. The predicted molar refractivity (Wildman–Crippen MR) is 63.4 cm³/mol. The first kappa shape index (κ1) is 10.1. The zero-order valence-electron chi connectivity index (χ0n) is 7.37. The molecule has 0 fully saturated rings. The van der Waals surface area contributed by atoms with Crippen LogP contribution in [-0.2, 0) is 6.42 Å². The predicted octanol–water partition coefficient (Wildman–Crippen LogP) is 2.36. The highest BCUT2D eigenvalue weighted by atomic mass is 79.9. The normalized spacial score (nSPS) is 11.1. The third kappa shape index (κ3) is 1.85. The quantitative estimate of drug-likeness (QED) is 0.923. The number of rotatable bonds is 2. The molecule has 3 nitrogen and oxygen atoms in total. The molecule has 0 aromatic carbocycles. The van der Waals surface area contributed by atoms with Crippen molar-refractivity contribution in [1.29, 1.82) is 0 Å². The number of nitrogens with two attached hydrogens (primary N) is 1. The molecule has 0 saturated heterocycles. The zero-order valence-corrected chi connectivity index (χ0v) is 10.5. The van der Waals surface area contributed by atoms with E-state index < -0.39 is 0 Å². The standard InChI is InChI=1S/C9H9Br2N3/c10-6-3-8(11)9-13-7(1-2-12)5-14(9)4-6/h3-5H,1-2,12H2. The Kier molecular flexibility index (Phi) is 2.90. The van der Waals surface area contributed by atoms with E-state index in [1.807, 2.05) is 22.9 Å². The molecule has 0 spiro atoms. The maximum atomic E-state index is 5.48. The van der Waals surface area contributed by atoms with E-state index in [1.165, 1.54) is 0 Å². The van der Waals surface area contributed by atoms with Crippen molar-refractivity contribution in [1.82, 2.24) is 9.38 Å². The highest BCUT2D eigenvalue weighted by Crippen LogP contribution is 2.22. The van der Waals surface area contributed by atoms with Crippen LogP contribution in [0.25, 0.3) is 5.65 Å². The average molecular weight is 319 g/mol. The highest BCUT2D eigenvalue weighted by Gasteiger charge is 2.05. The Morgan fingerprint density at radius 2 is 2.14 bits per heavy atom. The molecule has 0 radical (unpaired) electrons. The molecular formula is C9H9Br2N3. The fraction of sp³-hybridized carbons (Fsp3) is 0.222. The summed E-state index contributed by atoms with van der Waals surface area (Å²) in [7, 11) is 0. The van der Waals surface area contributed by atoms with Gasteiger partial charge in [-0.25, -0.2) is 4.98 Å². The van der Waals surface area contributed by atoms with Crippen LogP contribution < -0.4 is 5.73 Å². The molecular weight excluding hydrogens is 310 g/mol. The Morgan fingerprint density at radius 1 is 1.36 bits per heavy atom. The summed E-state index contributed by atoms with van der Waals surface area (Å²) in [6.45, 7) is 0.628. The van der Waals surface area contributed by atoms with Gasteiger partial charge in [0, 0.05) is 23.3 Å². The molecule has 2 aromatic heterocycles. The molecule has 74 valence electrons. The van der Waals surface area contributed by atoms with E-state index in [2.05, 4.69) is 36.8 Å². The minimum absolute atomic E-state index is 0.628.